The molecule has 3 N–H and O–H groups in total. The second kappa shape index (κ2) is 5.53. The Balaban J connectivity index is 2.24. The molecule has 1 atom stereocenters. The normalized spacial score (nSPS) is 18.0. The van der Waals surface area contributed by atoms with E-state index in [1.165, 1.54) is 11.8 Å². The average molecular weight is 320 g/mol. The predicted molar refractivity (Wildman–Crippen MR) is 85.4 cm³/mol. The molecule has 3 rings (SSSR count). The highest BCUT2D eigenvalue weighted by atomic mass is 32.2. The molecule has 1 aliphatic rings. The van der Waals surface area contributed by atoms with Gasteiger partial charge in [0.2, 0.25) is 5.91 Å². The molecule has 0 bridgehead atoms. The molecule has 22 heavy (non-hydrogen) atoms. The number of aromatic amines is 2. The number of carbonyl (C=O) groups excluding carboxylic acids is 1. The summed E-state index contributed by atoms with van der Waals surface area (Å²) in [7, 11) is 0. The van der Waals surface area contributed by atoms with Crippen molar-refractivity contribution >= 4 is 23.5 Å². The van der Waals surface area contributed by atoms with Crippen LogP contribution in [0.4, 0.5) is 5.82 Å². The molecule has 3 heterocycles. The van der Waals surface area contributed by atoms with E-state index in [0.717, 1.165) is 0 Å². The molecule has 0 aliphatic carbocycles. The summed E-state index contributed by atoms with van der Waals surface area (Å²) in [4.78, 5) is 39.0. The van der Waals surface area contributed by atoms with Crippen LogP contribution in [0.2, 0.25) is 0 Å². The molecular weight excluding hydrogens is 304 g/mol. The van der Waals surface area contributed by atoms with E-state index in [0.29, 0.717) is 16.9 Å². The molecule has 0 saturated heterocycles. The molecule has 1 unspecified atom stereocenters. The Hall–Kier alpha value is -2.22. The fourth-order valence-electron chi connectivity index (χ4n) is 2.52. The molecule has 1 aliphatic heterocycles. The number of H-pyrrole nitrogens is 2. The fraction of sp³-hybridized carbons (Fsp3) is 0.357. The van der Waals surface area contributed by atoms with E-state index in [-0.39, 0.29) is 28.8 Å². The number of fused-ring (bicyclic) bond motifs is 1. The second-order valence-corrected chi connectivity index (χ2v) is 6.45. The minimum atomic E-state index is -0.484. The van der Waals surface area contributed by atoms with E-state index < -0.39 is 5.25 Å². The highest BCUT2D eigenvalue weighted by molar-refractivity contribution is 8.00. The van der Waals surface area contributed by atoms with Gasteiger partial charge in [-0.25, -0.2) is 0 Å². The maximum atomic E-state index is 12.4. The summed E-state index contributed by atoms with van der Waals surface area (Å²) in [6.45, 7) is 3.81. The van der Waals surface area contributed by atoms with Gasteiger partial charge in [0.25, 0.3) is 11.1 Å². The fourth-order valence-corrected chi connectivity index (χ4v) is 3.66. The molecule has 8 heteroatoms. The standard InChI is InChI=1S/C14H16N4O3S/c1-7(2)18-12-10(14(21)17-18)11(22-6-9(19)16-12)8-4-3-5-15-13(8)20/h3-5,7,11H,6H2,1-2H3,(H,15,20)(H,16,19)(H,17,21). The van der Waals surface area contributed by atoms with E-state index in [2.05, 4.69) is 15.4 Å². The largest absolute Gasteiger partial charge is 0.329 e. The van der Waals surface area contributed by atoms with Gasteiger partial charge in [-0.2, -0.15) is 0 Å². The molecule has 0 radical (unpaired) electrons. The number of hydrogen-bond acceptors (Lipinski definition) is 4. The zero-order chi connectivity index (χ0) is 15.9. The molecule has 7 nitrogen and oxygen atoms in total. The Kier molecular flexibility index (Phi) is 3.69. The van der Waals surface area contributed by atoms with Crippen LogP contribution in [-0.2, 0) is 4.79 Å². The van der Waals surface area contributed by atoms with Gasteiger partial charge in [-0.05, 0) is 19.9 Å². The van der Waals surface area contributed by atoms with Gasteiger partial charge in [0.1, 0.15) is 5.82 Å². The van der Waals surface area contributed by atoms with Crippen LogP contribution in [0.1, 0.15) is 36.3 Å². The molecule has 1 amide bonds. The number of anilines is 1. The minimum Gasteiger partial charge on any atom is -0.329 e. The third-order valence-electron chi connectivity index (χ3n) is 3.51. The highest BCUT2D eigenvalue weighted by Gasteiger charge is 2.32. The van der Waals surface area contributed by atoms with Crippen LogP contribution in [0.25, 0.3) is 0 Å². The zero-order valence-electron chi connectivity index (χ0n) is 12.2. The molecular formula is C14H16N4O3S. The van der Waals surface area contributed by atoms with Gasteiger partial charge in [-0.1, -0.05) is 6.07 Å². The SMILES string of the molecule is CC(C)n1[nH]c(=O)c2c1NC(=O)CSC2c1ccc[nH]c1=O. The lowest BCUT2D eigenvalue weighted by Crippen LogP contribution is -2.18. The number of pyridine rings is 1. The third kappa shape index (κ3) is 2.39. The molecule has 0 aromatic carbocycles. The minimum absolute atomic E-state index is 0.0189. The van der Waals surface area contributed by atoms with Crippen LogP contribution in [0, 0.1) is 0 Å². The van der Waals surface area contributed by atoms with Crippen LogP contribution < -0.4 is 16.4 Å². The quantitative estimate of drug-likeness (QED) is 0.774. The summed E-state index contributed by atoms with van der Waals surface area (Å²) in [5.74, 6) is 0.448. The number of carbonyl (C=O) groups is 1. The summed E-state index contributed by atoms with van der Waals surface area (Å²) in [5, 5.41) is 5.03. The molecule has 0 spiro atoms. The van der Waals surface area contributed by atoms with E-state index in [1.807, 2.05) is 13.8 Å². The summed E-state index contributed by atoms with van der Waals surface area (Å²) in [5.41, 5.74) is 0.349. The Morgan fingerprint density at radius 1 is 1.27 bits per heavy atom. The molecule has 116 valence electrons. The summed E-state index contributed by atoms with van der Waals surface area (Å²) in [6, 6.07) is 3.38. The van der Waals surface area contributed by atoms with Crippen molar-refractivity contribution in [3.8, 4) is 0 Å². The lowest BCUT2D eigenvalue weighted by Gasteiger charge is -2.14. The van der Waals surface area contributed by atoms with Crippen LogP contribution in [0.3, 0.4) is 0 Å². The van der Waals surface area contributed by atoms with E-state index >= 15 is 0 Å². The van der Waals surface area contributed by atoms with Crippen molar-refractivity contribution < 1.29 is 4.79 Å². The third-order valence-corrected chi connectivity index (χ3v) is 4.76. The summed E-state index contributed by atoms with van der Waals surface area (Å²) in [6.07, 6.45) is 1.54. The van der Waals surface area contributed by atoms with Gasteiger partial charge >= 0.3 is 0 Å². The van der Waals surface area contributed by atoms with E-state index in [9.17, 15) is 14.4 Å². The molecule has 0 saturated carbocycles. The number of aromatic nitrogens is 3. The first-order chi connectivity index (χ1) is 10.5. The first-order valence-corrected chi connectivity index (χ1v) is 7.97. The lowest BCUT2D eigenvalue weighted by molar-refractivity contribution is -0.113. The number of nitrogens with one attached hydrogen (secondary N) is 3. The van der Waals surface area contributed by atoms with Gasteiger partial charge < -0.3 is 10.3 Å². The highest BCUT2D eigenvalue weighted by Crippen LogP contribution is 2.38. The van der Waals surface area contributed by atoms with Crippen molar-refractivity contribution in [1.29, 1.82) is 0 Å². The number of thioether (sulfide) groups is 1. The van der Waals surface area contributed by atoms with Crippen LogP contribution >= 0.6 is 11.8 Å². The number of hydrogen-bond donors (Lipinski definition) is 3. The van der Waals surface area contributed by atoms with Gasteiger partial charge in [0.05, 0.1) is 16.6 Å². The van der Waals surface area contributed by atoms with Gasteiger partial charge in [0.15, 0.2) is 0 Å². The first-order valence-electron chi connectivity index (χ1n) is 6.92. The Morgan fingerprint density at radius 3 is 2.73 bits per heavy atom. The van der Waals surface area contributed by atoms with Crippen molar-refractivity contribution in [2.75, 3.05) is 11.1 Å². The molecule has 2 aromatic heterocycles. The van der Waals surface area contributed by atoms with Crippen molar-refractivity contribution in [3.63, 3.8) is 0 Å². The van der Waals surface area contributed by atoms with Crippen molar-refractivity contribution in [2.24, 2.45) is 0 Å². The average Bonchev–Trinajstić information content (AvgIpc) is 2.68. The van der Waals surface area contributed by atoms with Gasteiger partial charge in [0, 0.05) is 17.8 Å². The smallest absolute Gasteiger partial charge is 0.270 e. The Bertz CT molecular complexity index is 833. The van der Waals surface area contributed by atoms with Crippen LogP contribution in [-0.4, -0.2) is 26.4 Å². The molecule has 2 aromatic rings. The van der Waals surface area contributed by atoms with Crippen molar-refractivity contribution in [2.45, 2.75) is 25.1 Å². The van der Waals surface area contributed by atoms with Gasteiger partial charge in [-0.15, -0.1) is 11.8 Å². The Labute approximate surface area is 130 Å². The monoisotopic (exact) mass is 320 g/mol. The number of nitrogens with zero attached hydrogens (tertiary/aromatic N) is 1. The van der Waals surface area contributed by atoms with Crippen LogP contribution in [0.5, 0.6) is 0 Å². The maximum absolute atomic E-state index is 12.4. The van der Waals surface area contributed by atoms with E-state index in [4.69, 9.17) is 0 Å². The van der Waals surface area contributed by atoms with Crippen molar-refractivity contribution in [1.82, 2.24) is 14.8 Å². The number of rotatable bonds is 2. The van der Waals surface area contributed by atoms with Crippen molar-refractivity contribution in [3.05, 3.63) is 50.2 Å². The number of amides is 1. The lowest BCUT2D eigenvalue weighted by atomic mass is 10.1. The molecule has 0 fully saturated rings. The maximum Gasteiger partial charge on any atom is 0.270 e. The van der Waals surface area contributed by atoms with Crippen LogP contribution in [0.15, 0.2) is 27.9 Å². The Morgan fingerprint density at radius 2 is 2.05 bits per heavy atom. The zero-order valence-corrected chi connectivity index (χ0v) is 13.0. The predicted octanol–water partition coefficient (Wildman–Crippen LogP) is 1.22. The van der Waals surface area contributed by atoms with E-state index in [1.54, 1.807) is 23.0 Å². The topological polar surface area (TPSA) is 99.8 Å². The summed E-state index contributed by atoms with van der Waals surface area (Å²) >= 11 is 1.28. The second-order valence-electron chi connectivity index (χ2n) is 5.36. The summed E-state index contributed by atoms with van der Waals surface area (Å²) < 4.78 is 1.63. The first kappa shape index (κ1) is 14.7. The van der Waals surface area contributed by atoms with Gasteiger partial charge in [-0.3, -0.25) is 24.2 Å².